The van der Waals surface area contributed by atoms with E-state index in [4.69, 9.17) is 0 Å². The maximum absolute atomic E-state index is 12.3. The molecule has 0 saturated carbocycles. The molecule has 3 heterocycles. The van der Waals surface area contributed by atoms with Crippen LogP contribution in [0.3, 0.4) is 0 Å². The summed E-state index contributed by atoms with van der Waals surface area (Å²) in [5.41, 5.74) is 3.24. The third-order valence-corrected chi connectivity index (χ3v) is 5.26. The molecule has 0 aliphatic carbocycles. The Morgan fingerprint density at radius 3 is 2.81 bits per heavy atom. The molecule has 26 heavy (non-hydrogen) atoms. The molecular weight excluding hydrogens is 346 g/mol. The first-order valence-electron chi connectivity index (χ1n) is 8.60. The third kappa shape index (κ3) is 3.79. The zero-order valence-electron chi connectivity index (χ0n) is 14.3. The van der Waals surface area contributed by atoms with Gasteiger partial charge >= 0.3 is 0 Å². The Kier molecular flexibility index (Phi) is 4.99. The third-order valence-electron chi connectivity index (χ3n) is 4.42. The summed E-state index contributed by atoms with van der Waals surface area (Å²) < 4.78 is 0. The van der Waals surface area contributed by atoms with Crippen LogP contribution in [0, 0.1) is 0 Å². The summed E-state index contributed by atoms with van der Waals surface area (Å²) in [5.74, 6) is 0.393. The minimum atomic E-state index is -0.152. The van der Waals surface area contributed by atoms with Crippen molar-refractivity contribution in [2.75, 3.05) is 19.6 Å². The first kappa shape index (κ1) is 16.8. The molecule has 1 aromatic carbocycles. The average Bonchev–Trinajstić information content (AvgIpc) is 3.19. The van der Waals surface area contributed by atoms with Crippen LogP contribution in [-0.2, 0) is 13.0 Å². The predicted octanol–water partition coefficient (Wildman–Crippen LogP) is 2.39. The molecule has 6 nitrogen and oxygen atoms in total. The highest BCUT2D eigenvalue weighted by molar-refractivity contribution is 7.13. The number of fused-ring (bicyclic) bond motifs is 1. The molecule has 0 unspecified atom stereocenters. The molecule has 1 aliphatic rings. The molecule has 0 saturated heterocycles. The topological polar surface area (TPSA) is 71.0 Å². The van der Waals surface area contributed by atoms with Crippen molar-refractivity contribution in [2.24, 2.45) is 0 Å². The van der Waals surface area contributed by atoms with Gasteiger partial charge in [-0.3, -0.25) is 9.69 Å². The van der Waals surface area contributed by atoms with Crippen LogP contribution in [0.25, 0.3) is 10.8 Å². The van der Waals surface area contributed by atoms with Crippen molar-refractivity contribution in [3.05, 3.63) is 64.9 Å². The Labute approximate surface area is 155 Å². The Hall–Kier alpha value is -2.64. The molecule has 1 amide bonds. The molecule has 0 spiro atoms. The van der Waals surface area contributed by atoms with Crippen LogP contribution in [-0.4, -0.2) is 45.4 Å². The van der Waals surface area contributed by atoms with Gasteiger partial charge in [0.15, 0.2) is 10.8 Å². The van der Waals surface area contributed by atoms with Gasteiger partial charge in [0.25, 0.3) is 5.91 Å². The summed E-state index contributed by atoms with van der Waals surface area (Å²) in [4.78, 5) is 27.3. The lowest BCUT2D eigenvalue weighted by molar-refractivity contribution is 0.0943. The summed E-state index contributed by atoms with van der Waals surface area (Å²) in [5, 5.41) is 5.36. The first-order chi connectivity index (χ1) is 12.8. The smallest absolute Gasteiger partial charge is 0.270 e. The van der Waals surface area contributed by atoms with Gasteiger partial charge in [-0.1, -0.05) is 24.3 Å². The fraction of sp³-hybridized carbons (Fsp3) is 0.263. The molecule has 4 rings (SSSR count). The van der Waals surface area contributed by atoms with Crippen LogP contribution in [0.2, 0.25) is 0 Å². The Morgan fingerprint density at radius 1 is 1.15 bits per heavy atom. The van der Waals surface area contributed by atoms with Gasteiger partial charge in [0.2, 0.25) is 0 Å². The number of amides is 1. The molecule has 7 heteroatoms. The summed E-state index contributed by atoms with van der Waals surface area (Å²) in [6.45, 7) is 3.41. The van der Waals surface area contributed by atoms with Gasteiger partial charge in [0.1, 0.15) is 5.69 Å². The van der Waals surface area contributed by atoms with E-state index in [0.717, 1.165) is 26.1 Å². The van der Waals surface area contributed by atoms with Gasteiger partial charge in [0, 0.05) is 44.0 Å². The van der Waals surface area contributed by atoms with E-state index in [0.29, 0.717) is 23.1 Å². The van der Waals surface area contributed by atoms with Gasteiger partial charge in [-0.15, -0.1) is 11.3 Å². The summed E-state index contributed by atoms with van der Waals surface area (Å²) in [6, 6.07) is 10.3. The first-order valence-corrected chi connectivity index (χ1v) is 9.48. The number of nitrogens with zero attached hydrogens (tertiary/aromatic N) is 4. The van der Waals surface area contributed by atoms with Gasteiger partial charge in [-0.05, 0) is 23.6 Å². The van der Waals surface area contributed by atoms with Gasteiger partial charge in [-0.25, -0.2) is 15.0 Å². The maximum atomic E-state index is 12.3. The molecule has 0 fully saturated rings. The second-order valence-corrected chi connectivity index (χ2v) is 7.02. The number of benzene rings is 1. The predicted molar refractivity (Wildman–Crippen MR) is 101 cm³/mol. The minimum Gasteiger partial charge on any atom is -0.349 e. The highest BCUT2D eigenvalue weighted by Crippen LogP contribution is 2.20. The van der Waals surface area contributed by atoms with E-state index in [-0.39, 0.29) is 5.91 Å². The average molecular weight is 365 g/mol. The van der Waals surface area contributed by atoms with Crippen molar-refractivity contribution in [3.8, 4) is 10.8 Å². The molecule has 132 valence electrons. The number of hydrogen-bond acceptors (Lipinski definition) is 6. The van der Waals surface area contributed by atoms with Crippen molar-refractivity contribution < 1.29 is 4.79 Å². The quantitative estimate of drug-likeness (QED) is 0.752. The largest absolute Gasteiger partial charge is 0.349 e. The highest BCUT2D eigenvalue weighted by Gasteiger charge is 2.16. The Balaban J connectivity index is 1.29. The Morgan fingerprint density at radius 2 is 1.96 bits per heavy atom. The Bertz CT molecular complexity index is 896. The van der Waals surface area contributed by atoms with E-state index in [2.05, 4.69) is 49.4 Å². The minimum absolute atomic E-state index is 0.152. The number of aromatic nitrogens is 3. The zero-order valence-corrected chi connectivity index (χ0v) is 15.1. The molecule has 0 radical (unpaired) electrons. The molecule has 0 bridgehead atoms. The number of rotatable bonds is 5. The van der Waals surface area contributed by atoms with Gasteiger partial charge in [-0.2, -0.15) is 0 Å². The van der Waals surface area contributed by atoms with E-state index in [9.17, 15) is 4.79 Å². The monoisotopic (exact) mass is 365 g/mol. The molecular formula is C19H19N5OS. The number of hydrogen-bond donors (Lipinski definition) is 1. The fourth-order valence-electron chi connectivity index (χ4n) is 3.05. The lowest BCUT2D eigenvalue weighted by Gasteiger charge is -2.28. The van der Waals surface area contributed by atoms with Crippen LogP contribution in [0.15, 0.2) is 48.1 Å². The standard InChI is InChI=1S/C19H19N5OS/c25-18(16-13-26-19(23-16)17-20-7-3-8-21-17)22-9-11-24-10-6-14-4-1-2-5-15(14)12-24/h1-5,7-8,13H,6,9-12H2,(H,22,25). The van der Waals surface area contributed by atoms with Crippen LogP contribution in [0.4, 0.5) is 0 Å². The maximum Gasteiger partial charge on any atom is 0.270 e. The summed E-state index contributed by atoms with van der Waals surface area (Å²) >= 11 is 1.38. The van der Waals surface area contributed by atoms with Crippen LogP contribution in [0.1, 0.15) is 21.6 Å². The van der Waals surface area contributed by atoms with Gasteiger partial charge < -0.3 is 5.32 Å². The number of carbonyl (C=O) groups is 1. The number of thiazole rings is 1. The summed E-state index contributed by atoms with van der Waals surface area (Å²) in [7, 11) is 0. The summed E-state index contributed by atoms with van der Waals surface area (Å²) in [6.07, 6.45) is 4.40. The molecule has 0 atom stereocenters. The molecule has 1 N–H and O–H groups in total. The van der Waals surface area contributed by atoms with Crippen LogP contribution >= 0.6 is 11.3 Å². The van der Waals surface area contributed by atoms with Crippen LogP contribution < -0.4 is 5.32 Å². The van der Waals surface area contributed by atoms with E-state index >= 15 is 0 Å². The SMILES string of the molecule is O=C(NCCN1CCc2ccccc2C1)c1csc(-c2ncccn2)n1. The number of carbonyl (C=O) groups excluding carboxylic acids is 1. The van der Waals surface area contributed by atoms with E-state index < -0.39 is 0 Å². The van der Waals surface area contributed by atoms with Crippen molar-refractivity contribution >= 4 is 17.2 Å². The van der Waals surface area contributed by atoms with E-state index in [1.54, 1.807) is 23.8 Å². The van der Waals surface area contributed by atoms with E-state index in [1.807, 2.05) is 0 Å². The molecule has 2 aromatic heterocycles. The number of nitrogens with one attached hydrogen (secondary N) is 1. The van der Waals surface area contributed by atoms with Crippen LogP contribution in [0.5, 0.6) is 0 Å². The second kappa shape index (κ2) is 7.72. The zero-order chi connectivity index (χ0) is 17.8. The normalized spacial score (nSPS) is 14.0. The van der Waals surface area contributed by atoms with Crippen molar-refractivity contribution in [1.82, 2.24) is 25.2 Å². The fourth-order valence-corrected chi connectivity index (χ4v) is 3.80. The van der Waals surface area contributed by atoms with Gasteiger partial charge in [0.05, 0.1) is 0 Å². The lowest BCUT2D eigenvalue weighted by atomic mass is 10.00. The second-order valence-electron chi connectivity index (χ2n) is 6.16. The molecule has 1 aliphatic heterocycles. The van der Waals surface area contributed by atoms with E-state index in [1.165, 1.54) is 22.5 Å². The highest BCUT2D eigenvalue weighted by atomic mass is 32.1. The van der Waals surface area contributed by atoms with Crippen molar-refractivity contribution in [1.29, 1.82) is 0 Å². The molecule has 3 aromatic rings. The van der Waals surface area contributed by atoms with Crippen molar-refractivity contribution in [2.45, 2.75) is 13.0 Å². The lowest BCUT2D eigenvalue weighted by Crippen LogP contribution is -2.37. The van der Waals surface area contributed by atoms with Crippen molar-refractivity contribution in [3.63, 3.8) is 0 Å².